The molecule has 0 aromatic heterocycles. The van der Waals surface area contributed by atoms with Gasteiger partial charge in [-0.3, -0.25) is 0 Å². The molecule has 1 fully saturated rings. The van der Waals surface area contributed by atoms with Crippen LogP contribution in [0.2, 0.25) is 0 Å². The number of hydrogen-bond donors (Lipinski definition) is 2. The van der Waals surface area contributed by atoms with Crippen molar-refractivity contribution in [3.05, 3.63) is 59.9 Å². The molecule has 1 heterocycles. The van der Waals surface area contributed by atoms with E-state index < -0.39 is 0 Å². The molecule has 6 heteroatoms. The average molecular weight is 338 g/mol. The number of carbonyl (C=O) groups is 1. The Morgan fingerprint density at radius 2 is 2.08 bits per heavy atom. The largest absolute Gasteiger partial charge is 0.371 e. The van der Waals surface area contributed by atoms with Crippen LogP contribution in [0.4, 0.5) is 20.6 Å². The third kappa shape index (κ3) is 4.48. The van der Waals surface area contributed by atoms with Crippen LogP contribution < -0.4 is 15.5 Å². The van der Waals surface area contributed by atoms with Gasteiger partial charge in [0.1, 0.15) is 5.82 Å². The Morgan fingerprint density at radius 3 is 2.84 bits per heavy atom. The number of urea groups is 1. The summed E-state index contributed by atoms with van der Waals surface area (Å²) in [4.78, 5) is 14.2. The van der Waals surface area contributed by atoms with Crippen molar-refractivity contribution in [1.82, 2.24) is 5.32 Å². The first-order valence-corrected chi connectivity index (χ1v) is 8.19. The summed E-state index contributed by atoms with van der Waals surface area (Å²) in [7, 11) is 0. The molecule has 25 heavy (non-hydrogen) atoms. The summed E-state index contributed by atoms with van der Waals surface area (Å²) in [5.74, 6) is 0.111. The highest BCUT2D eigenvalue weighted by Gasteiger charge is 2.23. The summed E-state index contributed by atoms with van der Waals surface area (Å²) in [5.41, 5.74) is 2.10. The van der Waals surface area contributed by atoms with E-state index in [1.807, 2.05) is 6.07 Å². The Morgan fingerprint density at radius 1 is 1.28 bits per heavy atom. The van der Waals surface area contributed by atoms with Gasteiger partial charge in [0, 0.05) is 31.0 Å². The molecule has 0 saturated carbocycles. The highest BCUT2D eigenvalue weighted by atomic mass is 19.1. The molecule has 0 spiro atoms. The van der Waals surface area contributed by atoms with E-state index in [0.717, 1.165) is 25.2 Å². The number of benzene rings is 2. The minimum absolute atomic E-state index is 0.238. The molecule has 0 radical (unpaired) electrons. The summed E-state index contributed by atoms with van der Waals surface area (Å²) < 4.78 is 13.0. The van der Waals surface area contributed by atoms with Gasteiger partial charge in [0.15, 0.2) is 0 Å². The van der Waals surface area contributed by atoms with Gasteiger partial charge in [0.05, 0.1) is 11.6 Å². The van der Waals surface area contributed by atoms with Crippen molar-refractivity contribution in [2.75, 3.05) is 29.9 Å². The normalized spacial score (nSPS) is 16.3. The first-order valence-electron chi connectivity index (χ1n) is 8.19. The Labute approximate surface area is 146 Å². The van der Waals surface area contributed by atoms with Gasteiger partial charge >= 0.3 is 6.03 Å². The molecule has 2 N–H and O–H groups in total. The van der Waals surface area contributed by atoms with Gasteiger partial charge < -0.3 is 15.5 Å². The van der Waals surface area contributed by atoms with Crippen LogP contribution in [-0.4, -0.2) is 25.7 Å². The van der Waals surface area contributed by atoms with Gasteiger partial charge in [0.2, 0.25) is 0 Å². The molecule has 2 amide bonds. The predicted molar refractivity (Wildman–Crippen MR) is 94.9 cm³/mol. The fourth-order valence-corrected chi connectivity index (χ4v) is 2.96. The van der Waals surface area contributed by atoms with Gasteiger partial charge in [0.25, 0.3) is 0 Å². The number of nitrogens with zero attached hydrogens (tertiary/aromatic N) is 2. The Bertz CT molecular complexity index is 785. The second kappa shape index (κ2) is 7.67. The smallest absolute Gasteiger partial charge is 0.319 e. The standard InChI is InChI=1S/C19H19FN4O/c20-16-4-6-18(7-5-16)24-9-8-15(13-24)12-22-19(25)23-17-3-1-2-14(10-17)11-21/h1-7,10,15H,8-9,12-13H2,(H2,22,23,25)/t15-/m1/s1. The molecule has 1 saturated heterocycles. The van der Waals surface area contributed by atoms with Gasteiger partial charge in [-0.1, -0.05) is 6.07 Å². The molecule has 5 nitrogen and oxygen atoms in total. The highest BCUT2D eigenvalue weighted by Crippen LogP contribution is 2.23. The van der Waals surface area contributed by atoms with E-state index in [4.69, 9.17) is 5.26 Å². The zero-order valence-electron chi connectivity index (χ0n) is 13.7. The van der Waals surface area contributed by atoms with Crippen LogP contribution in [0.5, 0.6) is 0 Å². The number of rotatable bonds is 4. The summed E-state index contributed by atoms with van der Waals surface area (Å²) in [6.07, 6.45) is 0.974. The highest BCUT2D eigenvalue weighted by molar-refractivity contribution is 5.89. The van der Waals surface area contributed by atoms with E-state index in [0.29, 0.717) is 23.7 Å². The fraction of sp³-hybridized carbons (Fsp3) is 0.263. The predicted octanol–water partition coefficient (Wildman–Crippen LogP) is 3.35. The van der Waals surface area contributed by atoms with Crippen molar-refractivity contribution in [3.8, 4) is 6.07 Å². The molecule has 2 aromatic rings. The lowest BCUT2D eigenvalue weighted by atomic mass is 10.1. The lowest BCUT2D eigenvalue weighted by Crippen LogP contribution is -2.34. The number of halogens is 1. The van der Waals surface area contributed by atoms with E-state index in [1.54, 1.807) is 36.4 Å². The lowest BCUT2D eigenvalue weighted by molar-refractivity contribution is 0.250. The van der Waals surface area contributed by atoms with Crippen LogP contribution in [-0.2, 0) is 0 Å². The molecular weight excluding hydrogens is 319 g/mol. The van der Waals surface area contributed by atoms with E-state index in [-0.39, 0.29) is 11.8 Å². The van der Waals surface area contributed by atoms with E-state index in [1.165, 1.54) is 12.1 Å². The molecule has 1 atom stereocenters. The van der Waals surface area contributed by atoms with Gasteiger partial charge in [-0.2, -0.15) is 5.26 Å². The van der Waals surface area contributed by atoms with Gasteiger partial charge in [-0.25, -0.2) is 9.18 Å². The number of nitriles is 1. The van der Waals surface area contributed by atoms with Crippen LogP contribution >= 0.6 is 0 Å². The SMILES string of the molecule is N#Cc1cccc(NC(=O)NC[C@H]2CCN(c3ccc(F)cc3)C2)c1. The third-order valence-electron chi connectivity index (χ3n) is 4.28. The Hall–Kier alpha value is -3.07. The van der Waals surface area contributed by atoms with Crippen LogP contribution in [0, 0.1) is 23.1 Å². The van der Waals surface area contributed by atoms with Gasteiger partial charge in [-0.05, 0) is 54.8 Å². The topological polar surface area (TPSA) is 68.2 Å². The Balaban J connectivity index is 1.46. The quantitative estimate of drug-likeness (QED) is 0.898. The zero-order valence-corrected chi connectivity index (χ0v) is 13.7. The number of carbonyl (C=O) groups excluding carboxylic acids is 1. The molecule has 1 aliphatic rings. The van der Waals surface area contributed by atoms with Crippen LogP contribution in [0.3, 0.4) is 0 Å². The molecular formula is C19H19FN4O. The fourth-order valence-electron chi connectivity index (χ4n) is 2.96. The van der Waals surface area contributed by atoms with Crippen LogP contribution in [0.15, 0.2) is 48.5 Å². The molecule has 128 valence electrons. The zero-order chi connectivity index (χ0) is 17.6. The van der Waals surface area contributed by atoms with E-state index in [9.17, 15) is 9.18 Å². The second-order valence-electron chi connectivity index (χ2n) is 6.10. The monoisotopic (exact) mass is 338 g/mol. The maximum absolute atomic E-state index is 13.0. The maximum Gasteiger partial charge on any atom is 0.319 e. The number of nitrogens with one attached hydrogen (secondary N) is 2. The molecule has 0 aliphatic carbocycles. The summed E-state index contributed by atoms with van der Waals surface area (Å²) in [6, 6.07) is 15.0. The third-order valence-corrected chi connectivity index (χ3v) is 4.28. The van der Waals surface area contributed by atoms with Crippen molar-refractivity contribution < 1.29 is 9.18 Å². The maximum atomic E-state index is 13.0. The van der Waals surface area contributed by atoms with Gasteiger partial charge in [-0.15, -0.1) is 0 Å². The molecule has 2 aromatic carbocycles. The minimum Gasteiger partial charge on any atom is -0.371 e. The average Bonchev–Trinajstić information content (AvgIpc) is 3.10. The van der Waals surface area contributed by atoms with Crippen molar-refractivity contribution in [2.24, 2.45) is 5.92 Å². The van der Waals surface area contributed by atoms with Crippen molar-refractivity contribution >= 4 is 17.4 Å². The summed E-state index contributed by atoms with van der Waals surface area (Å²) >= 11 is 0. The number of amides is 2. The summed E-state index contributed by atoms with van der Waals surface area (Å²) in [5, 5.41) is 14.5. The van der Waals surface area contributed by atoms with Crippen molar-refractivity contribution in [1.29, 1.82) is 5.26 Å². The molecule has 0 bridgehead atoms. The van der Waals surface area contributed by atoms with E-state index in [2.05, 4.69) is 15.5 Å². The second-order valence-corrected chi connectivity index (χ2v) is 6.10. The minimum atomic E-state index is -0.282. The Kier molecular flexibility index (Phi) is 5.14. The molecule has 1 aliphatic heterocycles. The lowest BCUT2D eigenvalue weighted by Gasteiger charge is -2.19. The molecule has 0 unspecified atom stereocenters. The van der Waals surface area contributed by atoms with Crippen LogP contribution in [0.1, 0.15) is 12.0 Å². The molecule has 3 rings (SSSR count). The van der Waals surface area contributed by atoms with Crippen molar-refractivity contribution in [2.45, 2.75) is 6.42 Å². The van der Waals surface area contributed by atoms with Crippen molar-refractivity contribution in [3.63, 3.8) is 0 Å². The summed E-state index contributed by atoms with van der Waals surface area (Å²) in [6.45, 7) is 2.29. The number of hydrogen-bond acceptors (Lipinski definition) is 3. The first-order chi connectivity index (χ1) is 12.1. The van der Waals surface area contributed by atoms with E-state index >= 15 is 0 Å². The first kappa shape index (κ1) is 16.8. The van der Waals surface area contributed by atoms with Crippen LogP contribution in [0.25, 0.3) is 0 Å². The number of anilines is 2.